The molecule has 0 bridgehead atoms. The van der Waals surface area contributed by atoms with Crippen LogP contribution < -0.4 is 0 Å². The molecule has 1 rings (SSSR count). The van der Waals surface area contributed by atoms with Gasteiger partial charge in [-0.1, -0.05) is 25.4 Å². The highest BCUT2D eigenvalue weighted by molar-refractivity contribution is 6.31. The molecule has 0 radical (unpaired) electrons. The minimum Gasteiger partial charge on any atom is -0.507 e. The number of aromatic hydroxyl groups is 1. The Morgan fingerprint density at radius 2 is 2.08 bits per heavy atom. The molecule has 0 aliphatic heterocycles. The van der Waals surface area contributed by atoms with E-state index in [1.54, 1.807) is 0 Å². The van der Waals surface area contributed by atoms with Crippen molar-refractivity contribution in [3.63, 3.8) is 0 Å². The zero-order valence-electron chi connectivity index (χ0n) is 7.54. The van der Waals surface area contributed by atoms with E-state index in [2.05, 4.69) is 0 Å². The first kappa shape index (κ1) is 10.1. The van der Waals surface area contributed by atoms with Crippen molar-refractivity contribution in [1.82, 2.24) is 0 Å². The van der Waals surface area contributed by atoms with Gasteiger partial charge in [0, 0.05) is 5.02 Å². The molecule has 1 N–H and O–H groups in total. The molecule has 1 aromatic carbocycles. The Kier molecular flexibility index (Phi) is 2.94. The van der Waals surface area contributed by atoms with Gasteiger partial charge < -0.3 is 5.11 Å². The quantitative estimate of drug-likeness (QED) is 0.742. The van der Waals surface area contributed by atoms with E-state index in [0.717, 1.165) is 5.56 Å². The second-order valence-electron chi connectivity index (χ2n) is 3.21. The third-order valence-corrected chi connectivity index (χ3v) is 2.22. The molecule has 3 heteroatoms. The molecule has 0 saturated heterocycles. The van der Waals surface area contributed by atoms with Crippen LogP contribution in [-0.2, 0) is 0 Å². The highest BCUT2D eigenvalue weighted by atomic mass is 35.5. The number of carbonyl (C=O) groups excluding carboxylic acids is 1. The summed E-state index contributed by atoms with van der Waals surface area (Å²) in [4.78, 5) is 10.4. The summed E-state index contributed by atoms with van der Waals surface area (Å²) in [7, 11) is 0. The van der Waals surface area contributed by atoms with Gasteiger partial charge in [0.15, 0.2) is 6.29 Å². The van der Waals surface area contributed by atoms with E-state index in [1.807, 2.05) is 13.8 Å². The summed E-state index contributed by atoms with van der Waals surface area (Å²) in [6, 6.07) is 3.02. The Morgan fingerprint density at radius 3 is 2.54 bits per heavy atom. The van der Waals surface area contributed by atoms with E-state index in [0.29, 0.717) is 11.3 Å². The molecule has 0 saturated carbocycles. The van der Waals surface area contributed by atoms with Crippen LogP contribution in [0.15, 0.2) is 12.1 Å². The summed E-state index contributed by atoms with van der Waals surface area (Å²) in [5.41, 5.74) is 1.08. The average molecular weight is 199 g/mol. The summed E-state index contributed by atoms with van der Waals surface area (Å²) in [5.74, 6) is 0.224. The highest BCUT2D eigenvalue weighted by Gasteiger charge is 2.09. The fraction of sp³-hybridized carbons (Fsp3) is 0.300. The molecule has 1 aromatic rings. The van der Waals surface area contributed by atoms with Gasteiger partial charge in [-0.25, -0.2) is 0 Å². The molecule has 0 aliphatic carbocycles. The fourth-order valence-electron chi connectivity index (χ4n) is 1.13. The molecular weight excluding hydrogens is 188 g/mol. The molecule has 2 nitrogen and oxygen atoms in total. The van der Waals surface area contributed by atoms with Crippen molar-refractivity contribution in [1.29, 1.82) is 0 Å². The first-order valence-corrected chi connectivity index (χ1v) is 4.41. The van der Waals surface area contributed by atoms with Crippen molar-refractivity contribution in [2.24, 2.45) is 0 Å². The zero-order valence-corrected chi connectivity index (χ0v) is 8.30. The lowest BCUT2D eigenvalue weighted by atomic mass is 10.0. The molecule has 13 heavy (non-hydrogen) atoms. The maximum Gasteiger partial charge on any atom is 0.153 e. The lowest BCUT2D eigenvalue weighted by Gasteiger charge is -2.09. The van der Waals surface area contributed by atoms with Crippen LogP contribution in [0, 0.1) is 0 Å². The van der Waals surface area contributed by atoms with E-state index in [-0.39, 0.29) is 17.2 Å². The van der Waals surface area contributed by atoms with Crippen molar-refractivity contribution in [3.8, 4) is 5.75 Å². The smallest absolute Gasteiger partial charge is 0.153 e. The van der Waals surface area contributed by atoms with Gasteiger partial charge in [0.1, 0.15) is 5.75 Å². The lowest BCUT2D eigenvalue weighted by molar-refractivity contribution is 0.112. The van der Waals surface area contributed by atoms with Crippen molar-refractivity contribution in [3.05, 3.63) is 28.3 Å². The van der Waals surface area contributed by atoms with Crippen LogP contribution in [0.1, 0.15) is 35.7 Å². The van der Waals surface area contributed by atoms with Gasteiger partial charge in [-0.3, -0.25) is 4.79 Å². The predicted molar refractivity (Wildman–Crippen MR) is 52.6 cm³/mol. The zero-order chi connectivity index (χ0) is 10.0. The van der Waals surface area contributed by atoms with Gasteiger partial charge in [0.2, 0.25) is 0 Å². The fourth-order valence-corrected chi connectivity index (χ4v) is 1.52. The molecular formula is C10H11ClO2. The molecule has 0 aromatic heterocycles. The summed E-state index contributed by atoms with van der Waals surface area (Å²) in [5, 5.41) is 9.90. The van der Waals surface area contributed by atoms with E-state index in [9.17, 15) is 9.90 Å². The van der Waals surface area contributed by atoms with Crippen molar-refractivity contribution >= 4 is 17.9 Å². The van der Waals surface area contributed by atoms with E-state index < -0.39 is 0 Å². The van der Waals surface area contributed by atoms with Crippen LogP contribution >= 0.6 is 11.6 Å². The standard InChI is InChI=1S/C10H11ClO2/c1-6(2)8-4-10(13)7(5-12)3-9(8)11/h3-6,13H,1-2H3. The van der Waals surface area contributed by atoms with Crippen LogP contribution in [0.5, 0.6) is 5.75 Å². The molecule has 70 valence electrons. The summed E-state index contributed by atoms with van der Waals surface area (Å²) in [6.45, 7) is 3.95. The van der Waals surface area contributed by atoms with Crippen molar-refractivity contribution in [2.75, 3.05) is 0 Å². The Hall–Kier alpha value is -1.02. The predicted octanol–water partition coefficient (Wildman–Crippen LogP) is 2.98. The molecule has 0 atom stereocenters. The van der Waals surface area contributed by atoms with Crippen LogP contribution in [0.4, 0.5) is 0 Å². The van der Waals surface area contributed by atoms with Crippen LogP contribution in [0.2, 0.25) is 5.02 Å². The number of rotatable bonds is 2. The molecule has 0 fully saturated rings. The van der Waals surface area contributed by atoms with E-state index in [4.69, 9.17) is 11.6 Å². The number of phenolic OH excluding ortho intramolecular Hbond substituents is 1. The Labute approximate surface area is 82.2 Å². The number of hydrogen-bond donors (Lipinski definition) is 1. The first-order chi connectivity index (χ1) is 6.06. The lowest BCUT2D eigenvalue weighted by Crippen LogP contribution is -1.91. The SMILES string of the molecule is CC(C)c1cc(O)c(C=O)cc1Cl. The van der Waals surface area contributed by atoms with Gasteiger partial charge in [-0.15, -0.1) is 0 Å². The molecule has 0 spiro atoms. The number of aldehydes is 1. The number of carbonyl (C=O) groups is 1. The third-order valence-electron chi connectivity index (χ3n) is 1.89. The Bertz CT molecular complexity index is 332. The number of phenols is 1. The molecule has 0 heterocycles. The third kappa shape index (κ3) is 2.01. The summed E-state index contributed by atoms with van der Waals surface area (Å²) in [6.07, 6.45) is 0.589. The van der Waals surface area contributed by atoms with E-state index in [1.165, 1.54) is 12.1 Å². The van der Waals surface area contributed by atoms with Crippen LogP contribution in [0.3, 0.4) is 0 Å². The normalized spacial score (nSPS) is 10.5. The first-order valence-electron chi connectivity index (χ1n) is 4.04. The van der Waals surface area contributed by atoms with Gasteiger partial charge in [0.25, 0.3) is 0 Å². The van der Waals surface area contributed by atoms with E-state index >= 15 is 0 Å². The van der Waals surface area contributed by atoms with Gasteiger partial charge in [-0.05, 0) is 23.6 Å². The largest absolute Gasteiger partial charge is 0.507 e. The summed E-state index contributed by atoms with van der Waals surface area (Å²) >= 11 is 5.91. The van der Waals surface area contributed by atoms with Crippen LogP contribution in [0.25, 0.3) is 0 Å². The number of halogens is 1. The maximum atomic E-state index is 10.4. The summed E-state index contributed by atoms with van der Waals surface area (Å²) < 4.78 is 0. The second kappa shape index (κ2) is 3.79. The molecule has 0 unspecified atom stereocenters. The maximum absolute atomic E-state index is 10.4. The van der Waals surface area contributed by atoms with Gasteiger partial charge >= 0.3 is 0 Å². The Morgan fingerprint density at radius 1 is 1.46 bits per heavy atom. The van der Waals surface area contributed by atoms with Gasteiger partial charge in [-0.2, -0.15) is 0 Å². The van der Waals surface area contributed by atoms with Gasteiger partial charge in [0.05, 0.1) is 5.56 Å². The van der Waals surface area contributed by atoms with Crippen LogP contribution in [-0.4, -0.2) is 11.4 Å². The number of hydrogen-bond acceptors (Lipinski definition) is 2. The highest BCUT2D eigenvalue weighted by Crippen LogP contribution is 2.30. The number of benzene rings is 1. The minimum absolute atomic E-state index is 0.0110. The Balaban J connectivity index is 3.28. The van der Waals surface area contributed by atoms with Crippen molar-refractivity contribution in [2.45, 2.75) is 19.8 Å². The topological polar surface area (TPSA) is 37.3 Å². The second-order valence-corrected chi connectivity index (χ2v) is 3.61. The monoisotopic (exact) mass is 198 g/mol. The van der Waals surface area contributed by atoms with Crippen molar-refractivity contribution < 1.29 is 9.90 Å². The molecule has 0 amide bonds. The average Bonchev–Trinajstić information content (AvgIpc) is 2.07. The molecule has 0 aliphatic rings. The minimum atomic E-state index is -0.0110.